The zero-order chi connectivity index (χ0) is 14.2. The summed E-state index contributed by atoms with van der Waals surface area (Å²) in [7, 11) is 0. The molecule has 3 nitrogen and oxygen atoms in total. The zero-order valence-electron chi connectivity index (χ0n) is 12.2. The summed E-state index contributed by atoms with van der Waals surface area (Å²) in [6.45, 7) is 9.89. The molecule has 0 aromatic carbocycles. The van der Waals surface area contributed by atoms with Crippen molar-refractivity contribution in [2.75, 3.05) is 0 Å². The van der Waals surface area contributed by atoms with Crippen molar-refractivity contribution in [1.29, 1.82) is 0 Å². The van der Waals surface area contributed by atoms with E-state index in [0.717, 1.165) is 12.0 Å². The van der Waals surface area contributed by atoms with Gasteiger partial charge in [-0.05, 0) is 24.5 Å². The molecule has 18 heavy (non-hydrogen) atoms. The molecule has 0 saturated carbocycles. The lowest BCUT2D eigenvalue weighted by Gasteiger charge is -2.24. The molecule has 1 aromatic rings. The Morgan fingerprint density at radius 1 is 1.50 bits per heavy atom. The molecule has 1 heterocycles. The van der Waals surface area contributed by atoms with Crippen LogP contribution >= 0.6 is 0 Å². The summed E-state index contributed by atoms with van der Waals surface area (Å²) in [5.74, 6) is 0.124. The second-order valence-electron chi connectivity index (χ2n) is 4.77. The molecule has 0 amide bonds. The van der Waals surface area contributed by atoms with Crippen molar-refractivity contribution in [1.82, 2.24) is 4.98 Å². The van der Waals surface area contributed by atoms with Crippen molar-refractivity contribution in [3.63, 3.8) is 0 Å². The van der Waals surface area contributed by atoms with Crippen LogP contribution in [0.15, 0.2) is 24.5 Å². The van der Waals surface area contributed by atoms with E-state index >= 15 is 0 Å². The molecule has 1 aromatic heterocycles. The van der Waals surface area contributed by atoms with E-state index in [4.69, 9.17) is 5.73 Å². The minimum absolute atomic E-state index is 0. The first-order valence-electron chi connectivity index (χ1n) is 6.66. The van der Waals surface area contributed by atoms with Gasteiger partial charge in [0.05, 0.1) is 6.04 Å². The largest absolute Gasteiger partial charge is 0.321 e. The van der Waals surface area contributed by atoms with Gasteiger partial charge in [0.25, 0.3) is 0 Å². The van der Waals surface area contributed by atoms with E-state index in [2.05, 4.69) is 4.98 Å². The number of rotatable bonds is 5. The Hall–Kier alpha value is -1.22. The topological polar surface area (TPSA) is 56.0 Å². The predicted octanol–water partition coefficient (Wildman–Crippen LogP) is 3.23. The minimum Gasteiger partial charge on any atom is -0.321 e. The zero-order valence-corrected chi connectivity index (χ0v) is 12.2. The number of pyridine rings is 1. The fourth-order valence-corrected chi connectivity index (χ4v) is 1.54. The molecule has 0 aliphatic carbocycles. The first-order chi connectivity index (χ1) is 8.47. The Morgan fingerprint density at radius 3 is 2.56 bits per heavy atom. The number of hydrogen-bond donors (Lipinski definition) is 1. The summed E-state index contributed by atoms with van der Waals surface area (Å²) in [6, 6.07) is 3.37. The van der Waals surface area contributed by atoms with Gasteiger partial charge in [0, 0.05) is 19.2 Å². The summed E-state index contributed by atoms with van der Waals surface area (Å²) in [5.41, 5.74) is 6.61. The maximum absolute atomic E-state index is 12.1. The summed E-state index contributed by atoms with van der Waals surface area (Å²) in [5, 5.41) is 0. The van der Waals surface area contributed by atoms with Crippen LogP contribution in [0, 0.1) is 5.41 Å². The quantitative estimate of drug-likeness (QED) is 0.875. The fourth-order valence-electron chi connectivity index (χ4n) is 1.54. The number of nitrogens with two attached hydrogens (primary N) is 1. The number of Topliss-reactive ketones (excluding diaryl/α,β-unsaturated/α-hetero) is 1. The lowest BCUT2D eigenvalue weighted by atomic mass is 9.81. The van der Waals surface area contributed by atoms with E-state index in [1.807, 2.05) is 46.8 Å². The fraction of sp³-hybridized carbons (Fsp3) is 0.600. The molecule has 104 valence electrons. The van der Waals surface area contributed by atoms with E-state index in [1.165, 1.54) is 0 Å². The first-order valence-corrected chi connectivity index (χ1v) is 6.66. The predicted molar refractivity (Wildman–Crippen MR) is 78.5 cm³/mol. The van der Waals surface area contributed by atoms with Crippen LogP contribution in [-0.4, -0.2) is 16.8 Å². The van der Waals surface area contributed by atoms with Gasteiger partial charge in [-0.2, -0.15) is 0 Å². The van der Waals surface area contributed by atoms with Crippen LogP contribution in [0.4, 0.5) is 0 Å². The molecule has 2 N–H and O–H groups in total. The van der Waals surface area contributed by atoms with Gasteiger partial charge in [0.2, 0.25) is 0 Å². The normalized spacial score (nSPS) is 12.3. The summed E-state index contributed by atoms with van der Waals surface area (Å²) in [6.07, 6.45) is 4.85. The molecular formula is C15H28N2O. The molecule has 0 unspecified atom stereocenters. The molecule has 0 aliphatic rings. The van der Waals surface area contributed by atoms with Gasteiger partial charge < -0.3 is 5.73 Å². The highest BCUT2D eigenvalue weighted by Crippen LogP contribution is 2.23. The van der Waals surface area contributed by atoms with Crippen molar-refractivity contribution in [2.45, 2.75) is 53.5 Å². The Bertz CT molecular complexity index is 352. The van der Waals surface area contributed by atoms with Crippen LogP contribution < -0.4 is 5.73 Å². The minimum atomic E-state index is -0.431. The number of ketones is 1. The first kappa shape index (κ1) is 16.8. The van der Waals surface area contributed by atoms with Crippen LogP contribution in [0.3, 0.4) is 0 Å². The van der Waals surface area contributed by atoms with E-state index in [1.54, 1.807) is 12.4 Å². The van der Waals surface area contributed by atoms with Gasteiger partial charge >= 0.3 is 0 Å². The highest BCUT2D eigenvalue weighted by atomic mass is 16.1. The van der Waals surface area contributed by atoms with E-state index in [0.29, 0.717) is 6.42 Å². The number of hydrogen-bond acceptors (Lipinski definition) is 3. The van der Waals surface area contributed by atoms with Gasteiger partial charge in [-0.3, -0.25) is 9.78 Å². The molecule has 0 fully saturated rings. The van der Waals surface area contributed by atoms with Gasteiger partial charge in [0.15, 0.2) is 5.78 Å². The third kappa shape index (κ3) is 4.96. The second kappa shape index (κ2) is 7.98. The molecule has 1 atom stereocenters. The lowest BCUT2D eigenvalue weighted by molar-refractivity contribution is -0.128. The molecule has 0 bridgehead atoms. The SMILES string of the molecule is CC.CCC(C)(C)C(=O)[C@@H](N)Cc1cccnc1.[HH]. The van der Waals surface area contributed by atoms with Gasteiger partial charge in [-0.1, -0.05) is 40.7 Å². The van der Waals surface area contributed by atoms with Crippen LogP contribution in [-0.2, 0) is 11.2 Å². The number of carbonyl (C=O) groups is 1. The summed E-state index contributed by atoms with van der Waals surface area (Å²) in [4.78, 5) is 16.1. The summed E-state index contributed by atoms with van der Waals surface area (Å²) >= 11 is 0. The molecule has 0 radical (unpaired) electrons. The molecule has 1 rings (SSSR count). The maximum atomic E-state index is 12.1. The molecule has 0 aliphatic heterocycles. The highest BCUT2D eigenvalue weighted by molar-refractivity contribution is 5.89. The third-order valence-corrected chi connectivity index (χ3v) is 3.07. The average Bonchev–Trinajstić information content (AvgIpc) is 2.41. The maximum Gasteiger partial charge on any atom is 0.155 e. The van der Waals surface area contributed by atoms with Crippen molar-refractivity contribution in [3.05, 3.63) is 30.1 Å². The molecule has 0 spiro atoms. The van der Waals surface area contributed by atoms with Crippen molar-refractivity contribution in [3.8, 4) is 0 Å². The van der Waals surface area contributed by atoms with Crippen LogP contribution in [0.5, 0.6) is 0 Å². The third-order valence-electron chi connectivity index (χ3n) is 3.07. The van der Waals surface area contributed by atoms with Crippen molar-refractivity contribution in [2.24, 2.45) is 11.1 Å². The van der Waals surface area contributed by atoms with E-state index < -0.39 is 6.04 Å². The summed E-state index contributed by atoms with van der Waals surface area (Å²) < 4.78 is 0. The van der Waals surface area contributed by atoms with Crippen molar-refractivity contribution < 1.29 is 6.22 Å². The molecule has 0 saturated heterocycles. The Morgan fingerprint density at radius 2 is 2.11 bits per heavy atom. The van der Waals surface area contributed by atoms with E-state index in [-0.39, 0.29) is 12.6 Å². The standard InChI is InChI=1S/C13H20N2O.C2H6.H2/c1-4-13(2,3)12(16)11(14)8-10-6-5-7-15-9-10;1-2;/h5-7,9,11H,4,8,14H2,1-3H3;1-2H3;1H/t11-;;/m0../s1. The Kier molecular flexibility index (Phi) is 7.44. The van der Waals surface area contributed by atoms with Gasteiger partial charge in [0.1, 0.15) is 0 Å². The number of aromatic nitrogens is 1. The van der Waals surface area contributed by atoms with Gasteiger partial charge in [-0.25, -0.2) is 0 Å². The van der Waals surface area contributed by atoms with E-state index in [9.17, 15) is 4.79 Å². The monoisotopic (exact) mass is 252 g/mol. The Balaban J connectivity index is 0. The second-order valence-corrected chi connectivity index (χ2v) is 4.77. The smallest absolute Gasteiger partial charge is 0.155 e. The van der Waals surface area contributed by atoms with Crippen LogP contribution in [0.25, 0.3) is 0 Å². The molecule has 3 heteroatoms. The van der Waals surface area contributed by atoms with Crippen molar-refractivity contribution >= 4 is 5.78 Å². The number of nitrogens with zero attached hydrogens (tertiary/aromatic N) is 1. The highest BCUT2D eigenvalue weighted by Gasteiger charge is 2.29. The Labute approximate surface area is 112 Å². The van der Waals surface area contributed by atoms with Crippen LogP contribution in [0.1, 0.15) is 48.0 Å². The average molecular weight is 252 g/mol. The number of carbonyl (C=O) groups excluding carboxylic acids is 1. The lowest BCUT2D eigenvalue weighted by Crippen LogP contribution is -2.41. The van der Waals surface area contributed by atoms with Gasteiger partial charge in [-0.15, -0.1) is 0 Å². The van der Waals surface area contributed by atoms with Crippen LogP contribution in [0.2, 0.25) is 0 Å². The molecular weight excluding hydrogens is 224 g/mol.